The van der Waals surface area contributed by atoms with Crippen molar-refractivity contribution in [3.05, 3.63) is 54.4 Å². The molecule has 2 rings (SSSR count). The van der Waals surface area contributed by atoms with Gasteiger partial charge in [0.1, 0.15) is 17.5 Å². The fourth-order valence-electron chi connectivity index (χ4n) is 1.88. The first-order valence-corrected chi connectivity index (χ1v) is 8.16. The number of rotatable bonds is 4. The van der Waals surface area contributed by atoms with Crippen LogP contribution in [0.3, 0.4) is 0 Å². The van der Waals surface area contributed by atoms with Gasteiger partial charge >= 0.3 is 0 Å². The lowest BCUT2D eigenvalue weighted by atomic mass is 10.0. The van der Waals surface area contributed by atoms with E-state index in [2.05, 4.69) is 37.2 Å². The lowest BCUT2D eigenvalue weighted by Crippen LogP contribution is -2.23. The van der Waals surface area contributed by atoms with Gasteiger partial charge in [-0.1, -0.05) is 6.92 Å². The first-order chi connectivity index (χ1) is 9.43. The van der Waals surface area contributed by atoms with Gasteiger partial charge in [0.25, 0.3) is 0 Å². The normalized spacial score (nSPS) is 12.7. The zero-order chi connectivity index (χ0) is 14.9. The van der Waals surface area contributed by atoms with Crippen molar-refractivity contribution in [3.8, 4) is 0 Å². The Morgan fingerprint density at radius 2 is 1.75 bits per heavy atom. The molecule has 0 amide bonds. The molecule has 0 spiro atoms. The molecule has 108 valence electrons. The summed E-state index contributed by atoms with van der Waals surface area (Å²) in [5.41, 5.74) is -0.172. The second-order valence-corrected chi connectivity index (χ2v) is 7.30. The number of benzene rings is 1. The monoisotopic (exact) mass is 427 g/mol. The van der Waals surface area contributed by atoms with Gasteiger partial charge in [-0.25, -0.2) is 13.2 Å². The fourth-order valence-corrected chi connectivity index (χ4v) is 4.06. The Morgan fingerprint density at radius 1 is 1.15 bits per heavy atom. The van der Waals surface area contributed by atoms with Gasteiger partial charge in [-0.05, 0) is 44.5 Å². The van der Waals surface area contributed by atoms with E-state index in [1.165, 1.54) is 11.3 Å². The van der Waals surface area contributed by atoms with Crippen molar-refractivity contribution in [2.24, 2.45) is 0 Å². The number of hydrogen-bond acceptors (Lipinski definition) is 2. The maximum Gasteiger partial charge on any atom is 0.134 e. The molecule has 2 aromatic rings. The molecular weight excluding hydrogens is 419 g/mol. The second-order valence-electron chi connectivity index (χ2n) is 4.04. The van der Waals surface area contributed by atoms with E-state index in [4.69, 9.17) is 0 Å². The molecule has 0 fully saturated rings. The number of halogens is 5. The molecule has 1 atom stereocenters. The summed E-state index contributed by atoms with van der Waals surface area (Å²) < 4.78 is 42.5. The first-order valence-electron chi connectivity index (χ1n) is 5.76. The average molecular weight is 429 g/mol. The van der Waals surface area contributed by atoms with Crippen LogP contribution in [0.2, 0.25) is 0 Å². The topological polar surface area (TPSA) is 12.0 Å². The maximum atomic E-state index is 13.9. The third-order valence-electron chi connectivity index (χ3n) is 2.69. The Kier molecular flexibility index (Phi) is 5.28. The molecule has 7 heteroatoms. The largest absolute Gasteiger partial charge is 0.306 e. The van der Waals surface area contributed by atoms with Gasteiger partial charge in [-0.3, -0.25) is 0 Å². The summed E-state index contributed by atoms with van der Waals surface area (Å²) in [7, 11) is 0. The predicted molar refractivity (Wildman–Crippen MR) is 81.6 cm³/mol. The molecule has 1 nitrogen and oxygen atoms in total. The van der Waals surface area contributed by atoms with Gasteiger partial charge < -0.3 is 5.32 Å². The summed E-state index contributed by atoms with van der Waals surface area (Å²) in [6, 6.07) is 2.51. The molecule has 0 saturated carbocycles. The molecular formula is C13H10Br2F3NS. The van der Waals surface area contributed by atoms with Crippen molar-refractivity contribution < 1.29 is 13.2 Å². The minimum absolute atomic E-state index is 0.172. The summed E-state index contributed by atoms with van der Waals surface area (Å²) in [6.45, 7) is 2.36. The zero-order valence-electron chi connectivity index (χ0n) is 10.3. The Balaban J connectivity index is 2.54. The van der Waals surface area contributed by atoms with Crippen LogP contribution in [0, 0.1) is 17.5 Å². The zero-order valence-corrected chi connectivity index (χ0v) is 14.3. The molecule has 0 radical (unpaired) electrons. The van der Waals surface area contributed by atoms with Crippen molar-refractivity contribution in [2.45, 2.75) is 13.0 Å². The minimum Gasteiger partial charge on any atom is -0.306 e. The standard InChI is InChI=1S/C13H10Br2F3NS/c1-2-19-12(10-5-7(14)13(15)20-10)11-8(17)3-6(16)4-9(11)18/h3-5,12,19H,2H2,1H3. The van der Waals surface area contributed by atoms with Crippen molar-refractivity contribution >= 4 is 43.2 Å². The molecule has 1 aromatic heterocycles. The van der Waals surface area contributed by atoms with E-state index in [-0.39, 0.29) is 5.56 Å². The Bertz CT molecular complexity index is 588. The molecule has 0 saturated heterocycles. The van der Waals surface area contributed by atoms with E-state index < -0.39 is 23.5 Å². The van der Waals surface area contributed by atoms with Gasteiger partial charge in [0, 0.05) is 27.0 Å². The van der Waals surface area contributed by atoms with Crippen LogP contribution in [0.1, 0.15) is 23.4 Å². The van der Waals surface area contributed by atoms with E-state index in [0.29, 0.717) is 18.7 Å². The highest BCUT2D eigenvalue weighted by Crippen LogP contribution is 2.38. The summed E-state index contributed by atoms with van der Waals surface area (Å²) in [5.74, 6) is -2.71. The van der Waals surface area contributed by atoms with Crippen molar-refractivity contribution in [2.75, 3.05) is 6.54 Å². The van der Waals surface area contributed by atoms with Crippen molar-refractivity contribution in [1.82, 2.24) is 5.32 Å². The lowest BCUT2D eigenvalue weighted by molar-refractivity contribution is 0.494. The lowest BCUT2D eigenvalue weighted by Gasteiger charge is -2.18. The highest BCUT2D eigenvalue weighted by atomic mass is 79.9. The summed E-state index contributed by atoms with van der Waals surface area (Å²) in [5, 5.41) is 3.02. The molecule has 0 aliphatic heterocycles. The fraction of sp³-hybridized carbons (Fsp3) is 0.231. The van der Waals surface area contributed by atoms with Crippen LogP contribution in [0.15, 0.2) is 26.5 Å². The third-order valence-corrected chi connectivity index (χ3v) is 6.01. The second kappa shape index (κ2) is 6.60. The van der Waals surface area contributed by atoms with Crippen molar-refractivity contribution in [1.29, 1.82) is 0 Å². The molecule has 1 aromatic carbocycles. The molecule has 0 aliphatic carbocycles. The number of nitrogens with one attached hydrogen (secondary N) is 1. The summed E-state index contributed by atoms with van der Waals surface area (Å²) in [6.07, 6.45) is 0. The van der Waals surface area contributed by atoms with E-state index in [0.717, 1.165) is 13.1 Å². The van der Waals surface area contributed by atoms with Crippen LogP contribution >= 0.6 is 43.2 Å². The average Bonchev–Trinajstić information content (AvgIpc) is 2.67. The maximum absolute atomic E-state index is 13.9. The number of thiophene rings is 1. The Hall–Kier alpha value is -0.370. The predicted octanol–water partition coefficient (Wildman–Crippen LogP) is 5.39. The SMILES string of the molecule is CCNC(c1cc(Br)c(Br)s1)c1c(F)cc(F)cc1F. The molecule has 20 heavy (non-hydrogen) atoms. The van der Waals surface area contributed by atoms with Crippen LogP contribution in [0.4, 0.5) is 13.2 Å². The van der Waals surface area contributed by atoms with Gasteiger partial charge in [-0.2, -0.15) is 0 Å². The Labute approximate surface area is 135 Å². The Morgan fingerprint density at radius 3 is 2.20 bits per heavy atom. The van der Waals surface area contributed by atoms with E-state index in [1.54, 1.807) is 6.07 Å². The quantitative estimate of drug-likeness (QED) is 0.688. The van der Waals surface area contributed by atoms with E-state index >= 15 is 0 Å². The van der Waals surface area contributed by atoms with Crippen LogP contribution in [0.5, 0.6) is 0 Å². The molecule has 1 heterocycles. The van der Waals surface area contributed by atoms with Crippen LogP contribution in [-0.2, 0) is 0 Å². The third kappa shape index (κ3) is 3.27. The van der Waals surface area contributed by atoms with E-state index in [1.807, 2.05) is 6.92 Å². The molecule has 1 N–H and O–H groups in total. The van der Waals surface area contributed by atoms with Crippen LogP contribution in [-0.4, -0.2) is 6.54 Å². The summed E-state index contributed by atoms with van der Waals surface area (Å²) in [4.78, 5) is 0.731. The van der Waals surface area contributed by atoms with Gasteiger partial charge in [0.15, 0.2) is 0 Å². The molecule has 1 unspecified atom stereocenters. The van der Waals surface area contributed by atoms with Gasteiger partial charge in [0.2, 0.25) is 0 Å². The van der Waals surface area contributed by atoms with Crippen LogP contribution < -0.4 is 5.32 Å². The summed E-state index contributed by atoms with van der Waals surface area (Å²) >= 11 is 8.06. The van der Waals surface area contributed by atoms with Crippen molar-refractivity contribution in [3.63, 3.8) is 0 Å². The smallest absolute Gasteiger partial charge is 0.134 e. The molecule has 0 aliphatic rings. The highest BCUT2D eigenvalue weighted by molar-refractivity contribution is 9.13. The number of hydrogen-bond donors (Lipinski definition) is 1. The van der Waals surface area contributed by atoms with Gasteiger partial charge in [-0.15, -0.1) is 11.3 Å². The molecule has 0 bridgehead atoms. The van der Waals surface area contributed by atoms with Gasteiger partial charge in [0.05, 0.1) is 9.83 Å². The highest BCUT2D eigenvalue weighted by Gasteiger charge is 2.24. The van der Waals surface area contributed by atoms with E-state index in [9.17, 15) is 13.2 Å². The van der Waals surface area contributed by atoms with Crippen LogP contribution in [0.25, 0.3) is 0 Å². The minimum atomic E-state index is -0.924. The first kappa shape index (κ1) is 16.0.